The first-order valence-electron chi connectivity index (χ1n) is 9.18. The Morgan fingerprint density at radius 2 is 1.75 bits per heavy atom. The molecule has 1 heterocycles. The quantitative estimate of drug-likeness (QED) is 0.447. The normalized spacial score (nSPS) is 15.8. The molecule has 3 aromatic carbocycles. The van der Waals surface area contributed by atoms with Gasteiger partial charge in [-0.1, -0.05) is 27.5 Å². The van der Waals surface area contributed by atoms with Crippen LogP contribution in [-0.2, 0) is 4.79 Å². The molecule has 164 valence electrons. The van der Waals surface area contributed by atoms with E-state index >= 15 is 0 Å². The lowest BCUT2D eigenvalue weighted by atomic mass is 9.96. The third-order valence-corrected chi connectivity index (χ3v) is 5.73. The van der Waals surface area contributed by atoms with Crippen LogP contribution in [0.3, 0.4) is 0 Å². The molecular formula is C22H13BrClF3N2O3. The Balaban J connectivity index is 1.74. The lowest BCUT2D eigenvalue weighted by Crippen LogP contribution is -2.23. The van der Waals surface area contributed by atoms with Gasteiger partial charge in [-0.3, -0.25) is 9.59 Å². The Bertz CT molecular complexity index is 1250. The molecule has 0 saturated carbocycles. The van der Waals surface area contributed by atoms with Crippen molar-refractivity contribution in [1.29, 1.82) is 0 Å². The topological polar surface area (TPSA) is 78.4 Å². The van der Waals surface area contributed by atoms with Crippen molar-refractivity contribution in [3.8, 4) is 0 Å². The Kier molecular flexibility index (Phi) is 5.98. The van der Waals surface area contributed by atoms with E-state index in [-0.39, 0.29) is 27.4 Å². The maximum atomic E-state index is 13.9. The fraction of sp³-hybridized carbons (Fsp3) is 0.0909. The van der Waals surface area contributed by atoms with E-state index < -0.39 is 41.4 Å². The van der Waals surface area contributed by atoms with Crippen molar-refractivity contribution in [2.24, 2.45) is 0 Å². The van der Waals surface area contributed by atoms with Crippen LogP contribution >= 0.6 is 27.5 Å². The minimum Gasteiger partial charge on any atom is -0.378 e. The van der Waals surface area contributed by atoms with Crippen LogP contribution in [-0.4, -0.2) is 16.9 Å². The summed E-state index contributed by atoms with van der Waals surface area (Å²) in [4.78, 5) is 25.2. The molecule has 0 spiro atoms. The summed E-state index contributed by atoms with van der Waals surface area (Å²) in [5.74, 6) is -3.94. The van der Waals surface area contributed by atoms with E-state index in [4.69, 9.17) is 11.6 Å². The van der Waals surface area contributed by atoms with Gasteiger partial charge in [0.05, 0.1) is 6.04 Å². The van der Waals surface area contributed by atoms with Crippen molar-refractivity contribution >= 4 is 45.0 Å². The maximum absolute atomic E-state index is 13.9. The maximum Gasteiger partial charge on any atom is 0.257 e. The zero-order chi connectivity index (χ0) is 23.2. The fourth-order valence-corrected chi connectivity index (χ4v) is 4.24. The molecular weight excluding hydrogens is 513 g/mol. The van der Waals surface area contributed by atoms with Gasteiger partial charge in [0.1, 0.15) is 17.5 Å². The molecule has 0 aromatic heterocycles. The Hall–Kier alpha value is -2.88. The number of nitrogens with one attached hydrogen (secondary N) is 2. The molecule has 0 saturated heterocycles. The Morgan fingerprint density at radius 1 is 1.06 bits per heavy atom. The molecule has 3 N–H and O–H groups in total. The van der Waals surface area contributed by atoms with Crippen LogP contribution in [0.1, 0.15) is 39.2 Å². The van der Waals surface area contributed by atoms with E-state index in [9.17, 15) is 27.9 Å². The van der Waals surface area contributed by atoms with Gasteiger partial charge in [0.2, 0.25) is 0 Å². The van der Waals surface area contributed by atoms with Crippen molar-refractivity contribution < 1.29 is 27.9 Å². The van der Waals surface area contributed by atoms with Gasteiger partial charge in [0.25, 0.3) is 11.8 Å². The second-order valence-electron chi connectivity index (χ2n) is 7.08. The highest BCUT2D eigenvalue weighted by Gasteiger charge is 2.35. The molecule has 0 bridgehead atoms. The van der Waals surface area contributed by atoms with Crippen LogP contribution in [0.15, 0.2) is 53.0 Å². The van der Waals surface area contributed by atoms with Crippen LogP contribution in [0.4, 0.5) is 18.9 Å². The Labute approximate surface area is 193 Å². The van der Waals surface area contributed by atoms with Crippen LogP contribution in [0.5, 0.6) is 0 Å². The van der Waals surface area contributed by atoms with Gasteiger partial charge in [0, 0.05) is 37.9 Å². The van der Waals surface area contributed by atoms with Crippen molar-refractivity contribution in [2.75, 3.05) is 5.32 Å². The number of carbonyl (C=O) groups is 2. The zero-order valence-electron chi connectivity index (χ0n) is 15.9. The van der Waals surface area contributed by atoms with Gasteiger partial charge in [-0.2, -0.15) is 0 Å². The number of carbonyl (C=O) groups excluding carboxylic acids is 2. The van der Waals surface area contributed by atoms with Gasteiger partial charge < -0.3 is 15.7 Å². The number of anilines is 1. The highest BCUT2D eigenvalue weighted by atomic mass is 79.9. The highest BCUT2D eigenvalue weighted by Crippen LogP contribution is 2.41. The SMILES string of the molecule is O=C1NC(c2cc(F)ccc2Cl)c2c(NC(=O)[C@@H](O)c3cc(F)cc(F)c3)cc(Br)cc21. The summed E-state index contributed by atoms with van der Waals surface area (Å²) in [7, 11) is 0. The summed E-state index contributed by atoms with van der Waals surface area (Å²) in [6.07, 6.45) is -1.89. The van der Waals surface area contributed by atoms with E-state index in [1.807, 2.05) is 0 Å². The van der Waals surface area contributed by atoms with Crippen molar-refractivity contribution in [1.82, 2.24) is 5.32 Å². The molecule has 32 heavy (non-hydrogen) atoms. The van der Waals surface area contributed by atoms with Gasteiger partial charge >= 0.3 is 0 Å². The average Bonchev–Trinajstić information content (AvgIpc) is 3.04. The molecule has 1 aliphatic heterocycles. The van der Waals surface area contributed by atoms with Gasteiger partial charge in [-0.05, 0) is 48.0 Å². The van der Waals surface area contributed by atoms with E-state index in [0.717, 1.165) is 12.1 Å². The molecule has 0 fully saturated rings. The summed E-state index contributed by atoms with van der Waals surface area (Å²) in [5.41, 5.74) is 0.608. The second kappa shape index (κ2) is 8.57. The van der Waals surface area contributed by atoms with Gasteiger partial charge in [0.15, 0.2) is 6.10 Å². The number of hydrogen-bond acceptors (Lipinski definition) is 3. The van der Waals surface area contributed by atoms with Crippen LogP contribution in [0, 0.1) is 17.5 Å². The van der Waals surface area contributed by atoms with Crippen LogP contribution in [0.25, 0.3) is 0 Å². The molecule has 0 aliphatic carbocycles. The lowest BCUT2D eigenvalue weighted by molar-refractivity contribution is -0.124. The fourth-order valence-electron chi connectivity index (χ4n) is 3.56. The molecule has 3 aromatic rings. The number of benzene rings is 3. The first-order chi connectivity index (χ1) is 15.1. The molecule has 4 rings (SSSR count). The summed E-state index contributed by atoms with van der Waals surface area (Å²) in [5, 5.41) is 15.7. The Morgan fingerprint density at radius 3 is 2.44 bits per heavy atom. The molecule has 1 unspecified atom stereocenters. The van der Waals surface area contributed by atoms with Gasteiger partial charge in [-0.15, -0.1) is 0 Å². The molecule has 0 radical (unpaired) electrons. The number of aliphatic hydroxyl groups excluding tert-OH is 1. The molecule has 10 heteroatoms. The van der Waals surface area contributed by atoms with Crippen LogP contribution < -0.4 is 10.6 Å². The van der Waals surface area contributed by atoms with E-state index in [1.165, 1.54) is 30.3 Å². The minimum absolute atomic E-state index is 0.124. The number of halogens is 5. The van der Waals surface area contributed by atoms with Crippen LogP contribution in [0.2, 0.25) is 5.02 Å². The van der Waals surface area contributed by atoms with E-state index in [0.29, 0.717) is 16.1 Å². The molecule has 2 atom stereocenters. The smallest absolute Gasteiger partial charge is 0.257 e. The van der Waals surface area contributed by atoms with Crippen molar-refractivity contribution in [2.45, 2.75) is 12.1 Å². The minimum atomic E-state index is -1.89. The predicted octanol–water partition coefficient (Wildman–Crippen LogP) is 5.02. The van der Waals surface area contributed by atoms with E-state index in [2.05, 4.69) is 26.6 Å². The first-order valence-corrected chi connectivity index (χ1v) is 10.4. The van der Waals surface area contributed by atoms with E-state index in [1.54, 1.807) is 0 Å². The number of aliphatic hydroxyl groups is 1. The number of hydrogen-bond donors (Lipinski definition) is 3. The third-order valence-electron chi connectivity index (χ3n) is 4.93. The average molecular weight is 526 g/mol. The standard InChI is InChI=1S/C22H13BrClF3N2O3/c23-10-5-15-18(19(29-21(15)31)14-8-11(25)1-2-16(14)24)17(6-10)28-22(32)20(30)9-3-12(26)7-13(27)4-9/h1-8,19-20,30H,(H,28,32)(H,29,31)/t19?,20-/m0/s1. The molecule has 5 nitrogen and oxygen atoms in total. The monoisotopic (exact) mass is 524 g/mol. The second-order valence-corrected chi connectivity index (χ2v) is 8.40. The third kappa shape index (κ3) is 4.23. The van der Waals surface area contributed by atoms with Gasteiger partial charge in [-0.25, -0.2) is 13.2 Å². The molecule has 1 aliphatic rings. The molecule has 2 amide bonds. The predicted molar refractivity (Wildman–Crippen MR) is 115 cm³/mol. The van der Waals surface area contributed by atoms with Crippen molar-refractivity contribution in [3.63, 3.8) is 0 Å². The number of rotatable bonds is 4. The largest absolute Gasteiger partial charge is 0.378 e. The highest BCUT2D eigenvalue weighted by molar-refractivity contribution is 9.10. The zero-order valence-corrected chi connectivity index (χ0v) is 18.3. The summed E-state index contributed by atoms with van der Waals surface area (Å²) >= 11 is 9.47. The number of fused-ring (bicyclic) bond motifs is 1. The summed E-state index contributed by atoms with van der Waals surface area (Å²) < 4.78 is 41.3. The summed E-state index contributed by atoms with van der Waals surface area (Å²) in [6.45, 7) is 0. The van der Waals surface area contributed by atoms with Crippen molar-refractivity contribution in [3.05, 3.63) is 97.7 Å². The first kappa shape index (κ1) is 22.3. The lowest BCUT2D eigenvalue weighted by Gasteiger charge is -2.19. The number of amides is 2. The summed E-state index contributed by atoms with van der Waals surface area (Å²) in [6, 6.07) is 8.08.